The van der Waals surface area contributed by atoms with Crippen LogP contribution in [0.5, 0.6) is 0 Å². The van der Waals surface area contributed by atoms with E-state index in [4.69, 9.17) is 0 Å². The molecule has 0 aliphatic rings. The molecule has 0 N–H and O–H groups in total. The van der Waals surface area contributed by atoms with Crippen LogP contribution in [0, 0.1) is 6.92 Å². The van der Waals surface area contributed by atoms with Crippen molar-refractivity contribution in [2.45, 2.75) is 33.1 Å². The van der Waals surface area contributed by atoms with E-state index in [9.17, 15) is 0 Å². The number of aryl methyl sites for hydroxylation is 2. The van der Waals surface area contributed by atoms with Crippen molar-refractivity contribution in [3.63, 3.8) is 0 Å². The fourth-order valence-corrected chi connectivity index (χ4v) is 2.91. The molecule has 0 saturated carbocycles. The molecule has 0 aliphatic carbocycles. The number of rotatable bonds is 6. The average molecular weight is 315 g/mol. The van der Waals surface area contributed by atoms with Crippen molar-refractivity contribution in [2.24, 2.45) is 0 Å². The summed E-state index contributed by atoms with van der Waals surface area (Å²) in [6.07, 6.45) is 3.65. The summed E-state index contributed by atoms with van der Waals surface area (Å²) in [7, 11) is 0. The lowest BCUT2D eigenvalue weighted by Crippen LogP contribution is -2.09. The van der Waals surface area contributed by atoms with Crippen LogP contribution in [0.25, 0.3) is 0 Å². The summed E-state index contributed by atoms with van der Waals surface area (Å²) in [4.78, 5) is 2.31. The van der Waals surface area contributed by atoms with E-state index in [1.54, 1.807) is 0 Å². The number of anilines is 3. The van der Waals surface area contributed by atoms with Gasteiger partial charge in [-0.05, 0) is 61.7 Å². The highest BCUT2D eigenvalue weighted by Gasteiger charge is 2.11. The average Bonchev–Trinajstić information content (AvgIpc) is 2.64. The van der Waals surface area contributed by atoms with Crippen LogP contribution in [0.4, 0.5) is 17.1 Å². The van der Waals surface area contributed by atoms with Gasteiger partial charge in [0.15, 0.2) is 0 Å². The van der Waals surface area contributed by atoms with Gasteiger partial charge in [-0.25, -0.2) is 0 Å². The van der Waals surface area contributed by atoms with Gasteiger partial charge < -0.3 is 4.90 Å². The first kappa shape index (κ1) is 16.3. The van der Waals surface area contributed by atoms with Gasteiger partial charge in [-0.2, -0.15) is 0 Å². The lowest BCUT2D eigenvalue weighted by molar-refractivity contribution is 0.795. The van der Waals surface area contributed by atoms with Gasteiger partial charge in [0, 0.05) is 17.1 Å². The van der Waals surface area contributed by atoms with Crippen LogP contribution in [0.2, 0.25) is 0 Å². The second-order valence-electron chi connectivity index (χ2n) is 6.28. The zero-order chi connectivity index (χ0) is 16.8. The van der Waals surface area contributed by atoms with E-state index in [1.165, 1.54) is 41.0 Å². The highest BCUT2D eigenvalue weighted by Crippen LogP contribution is 2.34. The van der Waals surface area contributed by atoms with E-state index in [1.807, 2.05) is 0 Å². The molecule has 0 fully saturated rings. The largest absolute Gasteiger partial charge is 0.311 e. The Bertz CT molecular complexity index is 742. The molecule has 24 heavy (non-hydrogen) atoms. The molecule has 0 heterocycles. The molecule has 1 nitrogen and oxygen atoms in total. The van der Waals surface area contributed by atoms with E-state index in [0.29, 0.717) is 0 Å². The smallest absolute Gasteiger partial charge is 0.0461 e. The summed E-state index contributed by atoms with van der Waals surface area (Å²) in [5.74, 6) is 0. The van der Waals surface area contributed by atoms with Crippen molar-refractivity contribution < 1.29 is 0 Å². The van der Waals surface area contributed by atoms with Crippen LogP contribution in [0.15, 0.2) is 78.9 Å². The van der Waals surface area contributed by atoms with Crippen molar-refractivity contribution >= 4 is 17.1 Å². The van der Waals surface area contributed by atoms with Gasteiger partial charge in [0.2, 0.25) is 0 Å². The number of nitrogens with zero attached hydrogens (tertiary/aromatic N) is 1. The van der Waals surface area contributed by atoms with Crippen molar-refractivity contribution in [2.75, 3.05) is 4.90 Å². The molecule has 3 rings (SSSR count). The minimum atomic E-state index is 1.16. The molecule has 0 radical (unpaired) electrons. The topological polar surface area (TPSA) is 3.24 Å². The van der Waals surface area contributed by atoms with E-state index in [-0.39, 0.29) is 0 Å². The Morgan fingerprint density at radius 3 is 1.79 bits per heavy atom. The normalized spacial score (nSPS) is 10.6. The number of unbranched alkanes of at least 4 members (excludes halogenated alkanes) is 1. The van der Waals surface area contributed by atoms with Gasteiger partial charge in [0.1, 0.15) is 0 Å². The second kappa shape index (κ2) is 7.83. The van der Waals surface area contributed by atoms with E-state index >= 15 is 0 Å². The number of hydrogen-bond acceptors (Lipinski definition) is 1. The first-order valence-electron chi connectivity index (χ1n) is 8.78. The molecular formula is C23H25N. The summed E-state index contributed by atoms with van der Waals surface area (Å²) >= 11 is 0. The van der Waals surface area contributed by atoms with Gasteiger partial charge in [-0.15, -0.1) is 0 Å². The van der Waals surface area contributed by atoms with E-state index in [0.717, 1.165) is 6.42 Å². The summed E-state index contributed by atoms with van der Waals surface area (Å²) in [6.45, 7) is 4.36. The Morgan fingerprint density at radius 1 is 0.667 bits per heavy atom. The third-order valence-corrected chi connectivity index (χ3v) is 4.32. The van der Waals surface area contributed by atoms with Gasteiger partial charge in [0.05, 0.1) is 0 Å². The molecule has 0 atom stereocenters. The molecule has 0 saturated heterocycles. The van der Waals surface area contributed by atoms with Crippen molar-refractivity contribution in [1.29, 1.82) is 0 Å². The number of hydrogen-bond donors (Lipinski definition) is 0. The Balaban J connectivity index is 1.97. The van der Waals surface area contributed by atoms with Crippen LogP contribution in [0.3, 0.4) is 0 Å². The first-order chi connectivity index (χ1) is 11.8. The minimum Gasteiger partial charge on any atom is -0.311 e. The van der Waals surface area contributed by atoms with Crippen LogP contribution in [-0.4, -0.2) is 0 Å². The monoisotopic (exact) mass is 315 g/mol. The maximum absolute atomic E-state index is 2.31. The Hall–Kier alpha value is -2.54. The quantitative estimate of drug-likeness (QED) is 0.483. The molecular weight excluding hydrogens is 290 g/mol. The summed E-state index contributed by atoms with van der Waals surface area (Å²) in [6, 6.07) is 28.3. The van der Waals surface area contributed by atoms with Gasteiger partial charge in [-0.3, -0.25) is 0 Å². The predicted molar refractivity (Wildman–Crippen MR) is 104 cm³/mol. The number of benzene rings is 3. The Morgan fingerprint density at radius 2 is 1.21 bits per heavy atom. The zero-order valence-electron chi connectivity index (χ0n) is 14.6. The number of para-hydroxylation sites is 1. The molecule has 0 amide bonds. The second-order valence-corrected chi connectivity index (χ2v) is 6.28. The first-order valence-corrected chi connectivity index (χ1v) is 8.78. The summed E-state index contributed by atoms with van der Waals surface area (Å²) in [5, 5.41) is 0. The zero-order valence-corrected chi connectivity index (χ0v) is 14.6. The fourth-order valence-electron chi connectivity index (χ4n) is 2.91. The van der Waals surface area contributed by atoms with E-state index < -0.39 is 0 Å². The Kier molecular flexibility index (Phi) is 5.32. The molecule has 0 unspecified atom stereocenters. The van der Waals surface area contributed by atoms with Gasteiger partial charge >= 0.3 is 0 Å². The molecule has 0 aliphatic heterocycles. The van der Waals surface area contributed by atoms with Crippen molar-refractivity contribution in [3.05, 3.63) is 90.0 Å². The standard InChI is InChI=1S/C23H25N/c1-3-4-8-20-13-17-23(18-14-20)24(21-9-6-5-7-10-21)22-15-11-19(2)12-16-22/h5-7,9-18H,3-4,8H2,1-2H3. The maximum atomic E-state index is 2.31. The Labute approximate surface area is 145 Å². The molecule has 122 valence electrons. The minimum absolute atomic E-state index is 1.16. The SMILES string of the molecule is CCCCc1ccc(N(c2ccccc2)c2ccc(C)cc2)cc1. The molecule has 3 aromatic carbocycles. The van der Waals surface area contributed by atoms with Crippen molar-refractivity contribution in [1.82, 2.24) is 0 Å². The maximum Gasteiger partial charge on any atom is 0.0461 e. The molecule has 0 spiro atoms. The van der Waals surface area contributed by atoms with Crippen LogP contribution in [-0.2, 0) is 6.42 Å². The van der Waals surface area contributed by atoms with Crippen LogP contribution >= 0.6 is 0 Å². The third-order valence-electron chi connectivity index (χ3n) is 4.32. The van der Waals surface area contributed by atoms with Gasteiger partial charge in [0.25, 0.3) is 0 Å². The summed E-state index contributed by atoms with van der Waals surface area (Å²) in [5.41, 5.74) is 6.26. The predicted octanol–water partition coefficient (Wildman–Crippen LogP) is 6.81. The molecule has 0 bridgehead atoms. The van der Waals surface area contributed by atoms with Crippen LogP contribution < -0.4 is 4.90 Å². The third kappa shape index (κ3) is 3.86. The van der Waals surface area contributed by atoms with Crippen LogP contribution in [0.1, 0.15) is 30.9 Å². The highest BCUT2D eigenvalue weighted by atomic mass is 15.1. The molecule has 0 aromatic heterocycles. The molecule has 1 heteroatoms. The van der Waals surface area contributed by atoms with Gasteiger partial charge in [-0.1, -0.05) is 61.4 Å². The lowest BCUT2D eigenvalue weighted by Gasteiger charge is -2.25. The lowest BCUT2D eigenvalue weighted by atomic mass is 10.1. The fraction of sp³-hybridized carbons (Fsp3) is 0.217. The highest BCUT2D eigenvalue weighted by molar-refractivity contribution is 5.76. The van der Waals surface area contributed by atoms with E-state index in [2.05, 4.69) is 97.6 Å². The van der Waals surface area contributed by atoms with Crippen molar-refractivity contribution in [3.8, 4) is 0 Å². The molecule has 3 aromatic rings. The summed E-state index contributed by atoms with van der Waals surface area (Å²) < 4.78 is 0.